The van der Waals surface area contributed by atoms with Gasteiger partial charge < -0.3 is 5.32 Å². The number of sulfonamides is 1. The van der Waals surface area contributed by atoms with Crippen molar-refractivity contribution < 1.29 is 18.0 Å². The van der Waals surface area contributed by atoms with Crippen molar-refractivity contribution in [2.75, 3.05) is 25.4 Å². The minimum absolute atomic E-state index is 0.0558. The van der Waals surface area contributed by atoms with Crippen LogP contribution in [-0.2, 0) is 21.9 Å². The molecule has 3 heterocycles. The maximum absolute atomic E-state index is 12.9. The topological polar surface area (TPSA) is 105 Å². The third-order valence-electron chi connectivity index (χ3n) is 5.01. The summed E-state index contributed by atoms with van der Waals surface area (Å²) in [6, 6.07) is 0.994. The maximum atomic E-state index is 12.9. The van der Waals surface area contributed by atoms with Gasteiger partial charge in [0.05, 0.1) is 17.5 Å². The molecule has 0 unspecified atom stereocenters. The fourth-order valence-corrected chi connectivity index (χ4v) is 5.38. The Morgan fingerprint density at radius 3 is 2.70 bits per heavy atom. The zero-order valence-corrected chi connectivity index (χ0v) is 17.0. The standard InChI is InChI=1S/C17H27N5O4S/c1-11(2)9-22-17(24)15-8-13(10-21(15)5-6-27(22,25)26)18-16(23)14-7-12(3)19-20(14)4/h7,11,13,15H,5-6,8-10H2,1-4H3,(H,18,23)/t13-,15-/m0/s1. The lowest BCUT2D eigenvalue weighted by Gasteiger charge is -2.25. The molecule has 2 amide bonds. The van der Waals surface area contributed by atoms with Crippen LogP contribution in [0.4, 0.5) is 0 Å². The number of hydrogen-bond acceptors (Lipinski definition) is 6. The number of carbonyl (C=O) groups excluding carboxylic acids is 2. The first-order valence-electron chi connectivity index (χ1n) is 9.18. The van der Waals surface area contributed by atoms with Crippen LogP contribution >= 0.6 is 0 Å². The van der Waals surface area contributed by atoms with E-state index >= 15 is 0 Å². The van der Waals surface area contributed by atoms with Gasteiger partial charge in [-0.2, -0.15) is 5.10 Å². The largest absolute Gasteiger partial charge is 0.347 e. The summed E-state index contributed by atoms with van der Waals surface area (Å²) in [5.41, 5.74) is 1.22. The van der Waals surface area contributed by atoms with Gasteiger partial charge in [0.15, 0.2) is 0 Å². The molecular weight excluding hydrogens is 370 g/mol. The van der Waals surface area contributed by atoms with E-state index in [9.17, 15) is 18.0 Å². The Morgan fingerprint density at radius 1 is 1.41 bits per heavy atom. The number of fused-ring (bicyclic) bond motifs is 1. The van der Waals surface area contributed by atoms with Crippen LogP contribution in [0.2, 0.25) is 0 Å². The molecule has 0 aromatic carbocycles. The van der Waals surface area contributed by atoms with Crippen molar-refractivity contribution in [1.82, 2.24) is 24.3 Å². The molecule has 2 saturated heterocycles. The van der Waals surface area contributed by atoms with Crippen LogP contribution < -0.4 is 5.32 Å². The van der Waals surface area contributed by atoms with E-state index in [0.717, 1.165) is 10.00 Å². The normalized spacial score (nSPS) is 25.5. The average molecular weight is 398 g/mol. The monoisotopic (exact) mass is 397 g/mol. The average Bonchev–Trinajstić information content (AvgIpc) is 3.10. The molecule has 0 aliphatic carbocycles. The van der Waals surface area contributed by atoms with Crippen LogP contribution in [0.3, 0.4) is 0 Å². The molecule has 27 heavy (non-hydrogen) atoms. The maximum Gasteiger partial charge on any atom is 0.269 e. The number of nitrogens with one attached hydrogen (secondary N) is 1. The smallest absolute Gasteiger partial charge is 0.269 e. The Hall–Kier alpha value is -1.94. The minimum atomic E-state index is -3.59. The van der Waals surface area contributed by atoms with E-state index < -0.39 is 16.1 Å². The van der Waals surface area contributed by atoms with Gasteiger partial charge in [0.2, 0.25) is 10.0 Å². The first kappa shape index (κ1) is 19.8. The van der Waals surface area contributed by atoms with E-state index in [1.54, 1.807) is 13.1 Å². The number of aromatic nitrogens is 2. The molecule has 3 rings (SSSR count). The highest BCUT2D eigenvalue weighted by Crippen LogP contribution is 2.25. The summed E-state index contributed by atoms with van der Waals surface area (Å²) < 4.78 is 27.5. The van der Waals surface area contributed by atoms with E-state index in [1.807, 2.05) is 25.7 Å². The van der Waals surface area contributed by atoms with Crippen molar-refractivity contribution in [2.24, 2.45) is 13.0 Å². The highest BCUT2D eigenvalue weighted by atomic mass is 32.2. The number of aryl methyl sites for hydroxylation is 2. The second kappa shape index (κ2) is 7.23. The van der Waals surface area contributed by atoms with Crippen LogP contribution in [0.25, 0.3) is 0 Å². The molecule has 0 radical (unpaired) electrons. The summed E-state index contributed by atoms with van der Waals surface area (Å²) in [6.07, 6.45) is 0.408. The Kier molecular flexibility index (Phi) is 5.31. The molecule has 2 atom stereocenters. The third-order valence-corrected chi connectivity index (χ3v) is 6.71. The minimum Gasteiger partial charge on any atom is -0.347 e. The molecule has 2 fully saturated rings. The highest BCUT2D eigenvalue weighted by molar-refractivity contribution is 7.89. The van der Waals surface area contributed by atoms with Crippen LogP contribution in [0.5, 0.6) is 0 Å². The summed E-state index contributed by atoms with van der Waals surface area (Å²) in [6.45, 7) is 6.54. The summed E-state index contributed by atoms with van der Waals surface area (Å²) in [5.74, 6) is -0.641. The van der Waals surface area contributed by atoms with E-state index in [4.69, 9.17) is 0 Å². The van der Waals surface area contributed by atoms with E-state index in [1.165, 1.54) is 4.68 Å². The predicted molar refractivity (Wildman–Crippen MR) is 99.5 cm³/mol. The molecule has 0 bridgehead atoms. The second-order valence-corrected chi connectivity index (χ2v) is 9.80. The molecule has 1 aromatic rings. The van der Waals surface area contributed by atoms with Crippen molar-refractivity contribution in [3.05, 3.63) is 17.5 Å². The third kappa shape index (κ3) is 4.01. The second-order valence-electron chi connectivity index (χ2n) is 7.79. The Morgan fingerprint density at radius 2 is 2.11 bits per heavy atom. The molecule has 9 nitrogen and oxygen atoms in total. The summed E-state index contributed by atoms with van der Waals surface area (Å²) in [5, 5.41) is 7.14. The first-order valence-corrected chi connectivity index (χ1v) is 10.8. The molecule has 2 aliphatic rings. The summed E-state index contributed by atoms with van der Waals surface area (Å²) in [4.78, 5) is 27.3. The van der Waals surface area contributed by atoms with Crippen LogP contribution in [0.1, 0.15) is 36.5 Å². The SMILES string of the molecule is Cc1cc(C(=O)N[C@H]2C[C@H]3C(=O)N(CC(C)C)S(=O)(=O)CCN3C2)n(C)n1. The molecule has 1 N–H and O–H groups in total. The fraction of sp³-hybridized carbons (Fsp3) is 0.706. The number of nitrogens with zero attached hydrogens (tertiary/aromatic N) is 4. The van der Waals surface area contributed by atoms with Crippen molar-refractivity contribution >= 4 is 21.8 Å². The zero-order chi connectivity index (χ0) is 19.9. The van der Waals surface area contributed by atoms with E-state index in [0.29, 0.717) is 25.2 Å². The van der Waals surface area contributed by atoms with Crippen molar-refractivity contribution in [1.29, 1.82) is 0 Å². The first-order chi connectivity index (χ1) is 12.6. The Bertz CT molecular complexity index is 848. The fourth-order valence-electron chi connectivity index (χ4n) is 3.78. The van der Waals surface area contributed by atoms with Crippen LogP contribution in [-0.4, -0.2) is 76.7 Å². The Balaban J connectivity index is 1.73. The van der Waals surface area contributed by atoms with Crippen LogP contribution in [0, 0.1) is 12.8 Å². The van der Waals surface area contributed by atoms with Gasteiger partial charge in [0.25, 0.3) is 11.8 Å². The quantitative estimate of drug-likeness (QED) is 0.750. The van der Waals surface area contributed by atoms with Gasteiger partial charge in [-0.05, 0) is 25.3 Å². The summed E-state index contributed by atoms with van der Waals surface area (Å²) >= 11 is 0. The lowest BCUT2D eigenvalue weighted by Crippen LogP contribution is -2.45. The van der Waals surface area contributed by atoms with Gasteiger partial charge in [0, 0.05) is 32.7 Å². The molecule has 0 spiro atoms. The Labute approximate surface area is 159 Å². The van der Waals surface area contributed by atoms with Gasteiger partial charge in [-0.3, -0.25) is 19.2 Å². The zero-order valence-electron chi connectivity index (χ0n) is 16.2. The highest BCUT2D eigenvalue weighted by Gasteiger charge is 2.45. The number of carbonyl (C=O) groups is 2. The predicted octanol–water partition coefficient (Wildman–Crippen LogP) is -0.271. The van der Waals surface area contributed by atoms with Crippen molar-refractivity contribution in [3.63, 3.8) is 0 Å². The van der Waals surface area contributed by atoms with E-state index in [2.05, 4.69) is 10.4 Å². The molecule has 150 valence electrons. The van der Waals surface area contributed by atoms with Gasteiger partial charge in [-0.15, -0.1) is 0 Å². The van der Waals surface area contributed by atoms with Gasteiger partial charge in [-0.25, -0.2) is 12.7 Å². The molecule has 10 heteroatoms. The van der Waals surface area contributed by atoms with E-state index in [-0.39, 0.29) is 36.1 Å². The van der Waals surface area contributed by atoms with Gasteiger partial charge >= 0.3 is 0 Å². The number of rotatable bonds is 4. The summed E-state index contributed by atoms with van der Waals surface area (Å²) in [7, 11) is -1.88. The van der Waals surface area contributed by atoms with Crippen LogP contribution in [0.15, 0.2) is 6.07 Å². The number of hydrogen-bond donors (Lipinski definition) is 1. The molecule has 2 aliphatic heterocycles. The molecule has 1 aromatic heterocycles. The van der Waals surface area contributed by atoms with Gasteiger partial charge in [-0.1, -0.05) is 13.8 Å². The lowest BCUT2D eigenvalue weighted by molar-refractivity contribution is -0.130. The molecule has 0 saturated carbocycles. The molecular formula is C17H27N5O4S. The van der Waals surface area contributed by atoms with Crippen molar-refractivity contribution in [3.8, 4) is 0 Å². The number of amides is 2. The van der Waals surface area contributed by atoms with Gasteiger partial charge in [0.1, 0.15) is 5.69 Å². The lowest BCUT2D eigenvalue weighted by atomic mass is 10.1. The van der Waals surface area contributed by atoms with Crippen molar-refractivity contribution in [2.45, 2.75) is 39.3 Å².